The summed E-state index contributed by atoms with van der Waals surface area (Å²) in [6.07, 6.45) is 7.16. The zero-order valence-electron chi connectivity index (χ0n) is 17.2. The lowest BCUT2D eigenvalue weighted by atomic mass is 10.1. The molecule has 0 amide bonds. The summed E-state index contributed by atoms with van der Waals surface area (Å²) in [5.41, 5.74) is 1.27. The highest BCUT2D eigenvalue weighted by Gasteiger charge is 2.41. The maximum Gasteiger partial charge on any atom is 0.343 e. The first-order valence-corrected chi connectivity index (χ1v) is 10.3. The van der Waals surface area contributed by atoms with Crippen molar-refractivity contribution < 1.29 is 23.4 Å². The molecule has 1 saturated carbocycles. The Balaban J connectivity index is 1.61. The lowest BCUT2D eigenvalue weighted by Gasteiger charge is -2.39. The molecule has 5 rings (SSSR count). The number of anilines is 1. The minimum Gasteiger partial charge on any atom is -0.483 e. The number of carbonyl (C=O) groups is 1. The molecule has 1 fully saturated rings. The third kappa shape index (κ3) is 3.31. The van der Waals surface area contributed by atoms with Gasteiger partial charge in [0.2, 0.25) is 5.88 Å². The zero-order valence-corrected chi connectivity index (χ0v) is 17.2. The number of carbonyl (C=O) groups excluding carboxylic acids is 1. The Morgan fingerprint density at radius 1 is 1.35 bits per heavy atom. The predicted molar refractivity (Wildman–Crippen MR) is 108 cm³/mol. The van der Waals surface area contributed by atoms with Crippen LogP contribution in [-0.4, -0.2) is 51.4 Å². The second-order valence-electron chi connectivity index (χ2n) is 7.58. The summed E-state index contributed by atoms with van der Waals surface area (Å²) in [5, 5.41) is 4.24. The number of esters is 1. The second kappa shape index (κ2) is 7.68. The number of ether oxygens (including phenoxy) is 3. The van der Waals surface area contributed by atoms with Gasteiger partial charge in [0.25, 0.3) is 0 Å². The summed E-state index contributed by atoms with van der Waals surface area (Å²) < 4.78 is 32.2. The molecule has 1 aliphatic heterocycles. The molecule has 0 aromatic carbocycles. The Hall–Kier alpha value is -3.43. The van der Waals surface area contributed by atoms with Crippen LogP contribution in [0.25, 0.3) is 5.65 Å². The minimum absolute atomic E-state index is 0.000599. The summed E-state index contributed by atoms with van der Waals surface area (Å²) in [6.45, 7) is 2.35. The molecule has 0 spiro atoms. The van der Waals surface area contributed by atoms with Gasteiger partial charge in [-0.05, 0) is 32.3 Å². The summed E-state index contributed by atoms with van der Waals surface area (Å²) in [4.78, 5) is 23.2. The highest BCUT2D eigenvalue weighted by molar-refractivity contribution is 5.96. The smallest absolute Gasteiger partial charge is 0.343 e. The van der Waals surface area contributed by atoms with Gasteiger partial charge >= 0.3 is 5.97 Å². The van der Waals surface area contributed by atoms with E-state index < -0.39 is 11.8 Å². The van der Waals surface area contributed by atoms with Crippen LogP contribution in [0.1, 0.15) is 42.1 Å². The SMILES string of the molecule is CCOC(=O)c1cnn2cc3c(nc12)N(Cc1cc(F)cnc1OC)[C@@H]1CCC[C@@H]1O3. The van der Waals surface area contributed by atoms with E-state index in [4.69, 9.17) is 19.2 Å². The fraction of sp³-hybridized carbons (Fsp3) is 0.429. The average molecular weight is 427 g/mol. The predicted octanol–water partition coefficient (Wildman–Crippen LogP) is 2.77. The van der Waals surface area contributed by atoms with Crippen LogP contribution < -0.4 is 14.4 Å². The Morgan fingerprint density at radius 3 is 3.03 bits per heavy atom. The van der Waals surface area contributed by atoms with E-state index in [1.807, 2.05) is 0 Å². The zero-order chi connectivity index (χ0) is 21.5. The summed E-state index contributed by atoms with van der Waals surface area (Å²) >= 11 is 0. The highest BCUT2D eigenvalue weighted by atomic mass is 19.1. The van der Waals surface area contributed by atoms with Gasteiger partial charge in [-0.15, -0.1) is 0 Å². The van der Waals surface area contributed by atoms with Gasteiger partial charge in [-0.25, -0.2) is 23.7 Å². The molecule has 4 heterocycles. The van der Waals surface area contributed by atoms with Crippen molar-refractivity contribution in [1.29, 1.82) is 0 Å². The molecule has 0 unspecified atom stereocenters. The third-order valence-electron chi connectivity index (χ3n) is 5.73. The third-order valence-corrected chi connectivity index (χ3v) is 5.73. The highest BCUT2D eigenvalue weighted by Crippen LogP contribution is 2.42. The number of aromatic nitrogens is 4. The van der Waals surface area contributed by atoms with Gasteiger partial charge in [0, 0.05) is 5.56 Å². The van der Waals surface area contributed by atoms with Crippen LogP contribution in [0.15, 0.2) is 24.7 Å². The van der Waals surface area contributed by atoms with Crippen molar-refractivity contribution >= 4 is 17.4 Å². The van der Waals surface area contributed by atoms with Crippen LogP contribution in [0.2, 0.25) is 0 Å². The molecule has 0 bridgehead atoms. The van der Waals surface area contributed by atoms with E-state index in [1.165, 1.54) is 23.9 Å². The van der Waals surface area contributed by atoms with E-state index in [9.17, 15) is 9.18 Å². The standard InChI is InChI=1S/C21H22FN5O4/c1-3-30-21(28)14-9-24-27-11-17-19(25-18(14)27)26(15-5-4-6-16(15)31-17)10-12-7-13(22)8-23-20(12)29-2/h7-9,11,15-16H,3-6,10H2,1-2H3/t15-,16+/m1/s1. The summed E-state index contributed by atoms with van der Waals surface area (Å²) in [5.74, 6) is 0.589. The van der Waals surface area contributed by atoms with Crippen molar-refractivity contribution in [3.05, 3.63) is 41.6 Å². The van der Waals surface area contributed by atoms with Crippen molar-refractivity contribution in [1.82, 2.24) is 19.6 Å². The van der Waals surface area contributed by atoms with Crippen molar-refractivity contribution in [2.24, 2.45) is 0 Å². The van der Waals surface area contributed by atoms with Crippen molar-refractivity contribution in [3.8, 4) is 11.6 Å². The summed E-state index contributed by atoms with van der Waals surface area (Å²) in [6, 6.07) is 1.50. The molecular formula is C21H22FN5O4. The molecule has 0 radical (unpaired) electrons. The van der Waals surface area contributed by atoms with Crippen molar-refractivity contribution in [2.75, 3.05) is 18.6 Å². The molecule has 1 aliphatic carbocycles. The fourth-order valence-electron chi connectivity index (χ4n) is 4.39. The van der Waals surface area contributed by atoms with Crippen LogP contribution in [0.3, 0.4) is 0 Å². The first-order valence-electron chi connectivity index (χ1n) is 10.3. The van der Waals surface area contributed by atoms with Crippen LogP contribution in [-0.2, 0) is 11.3 Å². The first-order chi connectivity index (χ1) is 15.1. The Morgan fingerprint density at radius 2 is 2.23 bits per heavy atom. The van der Waals surface area contributed by atoms with Gasteiger partial charge in [0.15, 0.2) is 17.2 Å². The van der Waals surface area contributed by atoms with E-state index in [0.29, 0.717) is 35.2 Å². The number of nitrogens with zero attached hydrogens (tertiary/aromatic N) is 5. The van der Waals surface area contributed by atoms with Crippen LogP contribution >= 0.6 is 0 Å². The minimum atomic E-state index is -0.483. The van der Waals surface area contributed by atoms with Gasteiger partial charge in [-0.1, -0.05) is 0 Å². The number of rotatable bonds is 5. The number of fused-ring (bicyclic) bond motifs is 3. The fourth-order valence-corrected chi connectivity index (χ4v) is 4.39. The molecule has 162 valence electrons. The molecule has 10 heteroatoms. The molecule has 2 aliphatic rings. The molecule has 3 aromatic heterocycles. The maximum atomic E-state index is 13.9. The topological polar surface area (TPSA) is 91.1 Å². The van der Waals surface area contributed by atoms with E-state index in [0.717, 1.165) is 25.5 Å². The van der Waals surface area contributed by atoms with Gasteiger partial charge in [-0.2, -0.15) is 5.10 Å². The monoisotopic (exact) mass is 427 g/mol. The molecule has 2 atom stereocenters. The Bertz CT molecular complexity index is 1150. The number of hydrogen-bond donors (Lipinski definition) is 0. The maximum absolute atomic E-state index is 13.9. The molecule has 0 N–H and O–H groups in total. The number of methoxy groups -OCH3 is 1. The molecular weight excluding hydrogens is 405 g/mol. The van der Waals surface area contributed by atoms with Crippen LogP contribution in [0.5, 0.6) is 11.6 Å². The Labute approximate surface area is 177 Å². The molecule has 3 aromatic rings. The lowest BCUT2D eigenvalue weighted by molar-refractivity contribution is 0.0528. The van der Waals surface area contributed by atoms with E-state index in [1.54, 1.807) is 13.1 Å². The number of halogens is 1. The molecule has 9 nitrogen and oxygen atoms in total. The van der Waals surface area contributed by atoms with Gasteiger partial charge in [-0.3, -0.25) is 0 Å². The normalized spacial score (nSPS) is 19.6. The van der Waals surface area contributed by atoms with E-state index in [-0.39, 0.29) is 24.3 Å². The molecule has 31 heavy (non-hydrogen) atoms. The van der Waals surface area contributed by atoms with E-state index >= 15 is 0 Å². The van der Waals surface area contributed by atoms with Gasteiger partial charge < -0.3 is 19.1 Å². The lowest BCUT2D eigenvalue weighted by Crippen LogP contribution is -2.47. The van der Waals surface area contributed by atoms with E-state index in [2.05, 4.69) is 15.0 Å². The summed E-state index contributed by atoms with van der Waals surface area (Å²) in [7, 11) is 1.51. The number of hydrogen-bond acceptors (Lipinski definition) is 8. The first kappa shape index (κ1) is 19.5. The van der Waals surface area contributed by atoms with Crippen LogP contribution in [0, 0.1) is 5.82 Å². The largest absolute Gasteiger partial charge is 0.483 e. The van der Waals surface area contributed by atoms with Crippen molar-refractivity contribution in [2.45, 2.75) is 44.9 Å². The quantitative estimate of drug-likeness (QED) is 0.574. The average Bonchev–Trinajstić information content (AvgIpc) is 3.39. The van der Waals surface area contributed by atoms with Crippen LogP contribution in [0.4, 0.5) is 10.2 Å². The second-order valence-corrected chi connectivity index (χ2v) is 7.58. The molecule has 0 saturated heterocycles. The van der Waals surface area contributed by atoms with Crippen molar-refractivity contribution in [3.63, 3.8) is 0 Å². The number of pyridine rings is 1. The van der Waals surface area contributed by atoms with Gasteiger partial charge in [0.1, 0.15) is 17.5 Å². The Kier molecular flexibility index (Phi) is 4.84. The van der Waals surface area contributed by atoms with Gasteiger partial charge in [0.05, 0.1) is 44.9 Å².